The summed E-state index contributed by atoms with van der Waals surface area (Å²) < 4.78 is 0. The van der Waals surface area contributed by atoms with Gasteiger partial charge in [0.25, 0.3) is 0 Å². The van der Waals surface area contributed by atoms with E-state index in [-0.39, 0.29) is 0 Å². The van der Waals surface area contributed by atoms with E-state index < -0.39 is 11.6 Å². The van der Waals surface area contributed by atoms with Gasteiger partial charge in [0.15, 0.2) is 0 Å². The van der Waals surface area contributed by atoms with Crippen molar-refractivity contribution in [2.45, 2.75) is 90.6 Å². The van der Waals surface area contributed by atoms with Crippen molar-refractivity contribution in [1.29, 1.82) is 0 Å². The van der Waals surface area contributed by atoms with Crippen molar-refractivity contribution in [3.05, 3.63) is 0 Å². The Hall–Kier alpha value is -0.160. The minimum Gasteiger partial charge on any atom is -0.195 e. The maximum absolute atomic E-state index is 5.62. The van der Waals surface area contributed by atoms with Crippen molar-refractivity contribution < 1.29 is 19.6 Å². The SMILES string of the molecule is CCCC1(CCC)OOC(CCC)(CCC)OO1. The molecular weight excluding hydrogens is 232 g/mol. The molecule has 0 saturated carbocycles. The van der Waals surface area contributed by atoms with Gasteiger partial charge >= 0.3 is 0 Å². The van der Waals surface area contributed by atoms with Gasteiger partial charge in [-0.05, 0) is 0 Å². The summed E-state index contributed by atoms with van der Waals surface area (Å²) in [4.78, 5) is 22.5. The zero-order valence-corrected chi connectivity index (χ0v) is 12.3. The summed E-state index contributed by atoms with van der Waals surface area (Å²) in [5, 5.41) is 0. The normalized spacial score (nSPS) is 22.0. The van der Waals surface area contributed by atoms with E-state index in [1.54, 1.807) is 0 Å². The maximum atomic E-state index is 5.62. The summed E-state index contributed by atoms with van der Waals surface area (Å²) in [6.07, 6.45) is 7.04. The Balaban J connectivity index is 2.64. The molecule has 0 radical (unpaired) electrons. The molecular formula is C14H28O4. The first-order chi connectivity index (χ1) is 8.66. The van der Waals surface area contributed by atoms with Crippen molar-refractivity contribution in [1.82, 2.24) is 0 Å². The zero-order valence-electron chi connectivity index (χ0n) is 12.3. The van der Waals surface area contributed by atoms with Crippen molar-refractivity contribution in [2.75, 3.05) is 0 Å². The highest BCUT2D eigenvalue weighted by atomic mass is 17.4. The molecule has 1 fully saturated rings. The number of hydrogen-bond donors (Lipinski definition) is 0. The Labute approximate surface area is 111 Å². The van der Waals surface area contributed by atoms with E-state index in [2.05, 4.69) is 27.7 Å². The summed E-state index contributed by atoms with van der Waals surface area (Å²) in [5.74, 6) is -1.43. The van der Waals surface area contributed by atoms with Crippen molar-refractivity contribution in [3.63, 3.8) is 0 Å². The second kappa shape index (κ2) is 7.43. The second-order valence-corrected chi connectivity index (χ2v) is 5.15. The van der Waals surface area contributed by atoms with Gasteiger partial charge in [-0.15, -0.1) is 0 Å². The fourth-order valence-corrected chi connectivity index (χ4v) is 2.44. The van der Waals surface area contributed by atoms with Crippen molar-refractivity contribution in [2.24, 2.45) is 0 Å². The van der Waals surface area contributed by atoms with E-state index in [0.717, 1.165) is 51.4 Å². The van der Waals surface area contributed by atoms with Crippen LogP contribution in [0.1, 0.15) is 79.1 Å². The van der Waals surface area contributed by atoms with Crippen LogP contribution in [-0.2, 0) is 19.6 Å². The zero-order chi connectivity index (χ0) is 13.5. The van der Waals surface area contributed by atoms with Crippen LogP contribution < -0.4 is 0 Å². The first kappa shape index (κ1) is 15.9. The van der Waals surface area contributed by atoms with Crippen molar-refractivity contribution in [3.8, 4) is 0 Å². The summed E-state index contributed by atoms with van der Waals surface area (Å²) in [5.41, 5.74) is 0. The van der Waals surface area contributed by atoms with Gasteiger partial charge in [-0.3, -0.25) is 0 Å². The third-order valence-corrected chi connectivity index (χ3v) is 3.21. The Morgan fingerprint density at radius 3 is 0.889 bits per heavy atom. The molecule has 0 N–H and O–H groups in total. The van der Waals surface area contributed by atoms with E-state index in [9.17, 15) is 0 Å². The highest BCUT2D eigenvalue weighted by molar-refractivity contribution is 4.72. The number of rotatable bonds is 8. The molecule has 0 aromatic heterocycles. The van der Waals surface area contributed by atoms with Gasteiger partial charge < -0.3 is 0 Å². The van der Waals surface area contributed by atoms with E-state index in [4.69, 9.17) is 19.6 Å². The summed E-state index contributed by atoms with van der Waals surface area (Å²) >= 11 is 0. The largest absolute Gasteiger partial charge is 0.234 e. The molecule has 18 heavy (non-hydrogen) atoms. The summed E-state index contributed by atoms with van der Waals surface area (Å²) in [6.45, 7) is 8.41. The van der Waals surface area contributed by atoms with Gasteiger partial charge in [0.1, 0.15) is 0 Å². The van der Waals surface area contributed by atoms with Gasteiger partial charge in [-0.2, -0.15) is 19.6 Å². The third-order valence-electron chi connectivity index (χ3n) is 3.21. The predicted molar refractivity (Wildman–Crippen MR) is 69.4 cm³/mol. The van der Waals surface area contributed by atoms with Crippen LogP contribution in [0.15, 0.2) is 0 Å². The molecule has 1 rings (SSSR count). The molecule has 0 aliphatic carbocycles. The van der Waals surface area contributed by atoms with Gasteiger partial charge in [-0.1, -0.05) is 53.4 Å². The van der Waals surface area contributed by atoms with Crippen LogP contribution in [0.3, 0.4) is 0 Å². The molecule has 0 aromatic carbocycles. The molecule has 108 valence electrons. The fraction of sp³-hybridized carbons (Fsp3) is 1.00. The van der Waals surface area contributed by atoms with Crippen LogP contribution in [-0.4, -0.2) is 11.6 Å². The van der Waals surface area contributed by atoms with Gasteiger partial charge in [0, 0.05) is 25.7 Å². The lowest BCUT2D eigenvalue weighted by molar-refractivity contribution is -0.660. The van der Waals surface area contributed by atoms with E-state index >= 15 is 0 Å². The standard InChI is InChI=1S/C14H28O4/c1-5-9-13(10-6-2)15-17-14(11-7-3,12-8-4)18-16-13/h5-12H2,1-4H3. The highest BCUT2D eigenvalue weighted by Gasteiger charge is 2.47. The molecule has 0 aromatic rings. The fourth-order valence-electron chi connectivity index (χ4n) is 2.44. The summed E-state index contributed by atoms with van der Waals surface area (Å²) in [6, 6.07) is 0. The molecule has 0 spiro atoms. The average Bonchev–Trinajstić information content (AvgIpc) is 2.35. The van der Waals surface area contributed by atoms with E-state index in [0.29, 0.717) is 0 Å². The van der Waals surface area contributed by atoms with Gasteiger partial charge in [-0.25, -0.2) is 0 Å². The van der Waals surface area contributed by atoms with Gasteiger partial charge in [0.05, 0.1) is 0 Å². The van der Waals surface area contributed by atoms with Crippen LogP contribution in [0.5, 0.6) is 0 Å². The molecule has 1 aliphatic heterocycles. The van der Waals surface area contributed by atoms with Crippen LogP contribution in [0.25, 0.3) is 0 Å². The molecule has 1 heterocycles. The first-order valence-electron chi connectivity index (χ1n) is 7.39. The van der Waals surface area contributed by atoms with E-state index in [1.165, 1.54) is 0 Å². The molecule has 0 atom stereocenters. The molecule has 4 nitrogen and oxygen atoms in total. The Morgan fingerprint density at radius 1 is 0.500 bits per heavy atom. The lowest BCUT2D eigenvalue weighted by atomic mass is 10.0. The Morgan fingerprint density at radius 2 is 0.722 bits per heavy atom. The minimum absolute atomic E-state index is 0.714. The molecule has 1 saturated heterocycles. The maximum Gasteiger partial charge on any atom is 0.234 e. The quantitative estimate of drug-likeness (QED) is 0.602. The Bertz CT molecular complexity index is 182. The smallest absolute Gasteiger partial charge is 0.195 e. The van der Waals surface area contributed by atoms with Crippen LogP contribution in [0.4, 0.5) is 0 Å². The summed E-state index contributed by atoms with van der Waals surface area (Å²) in [7, 11) is 0. The van der Waals surface area contributed by atoms with Crippen LogP contribution in [0, 0.1) is 0 Å². The first-order valence-corrected chi connectivity index (χ1v) is 7.39. The number of hydrogen-bond acceptors (Lipinski definition) is 4. The van der Waals surface area contributed by atoms with Crippen molar-refractivity contribution >= 4 is 0 Å². The minimum atomic E-state index is -0.714. The molecule has 4 heteroatoms. The molecule has 1 aliphatic rings. The lowest BCUT2D eigenvalue weighted by Crippen LogP contribution is -2.50. The Kier molecular flexibility index (Phi) is 6.57. The lowest BCUT2D eigenvalue weighted by Gasteiger charge is -2.43. The van der Waals surface area contributed by atoms with E-state index in [1.807, 2.05) is 0 Å². The topological polar surface area (TPSA) is 36.9 Å². The highest BCUT2D eigenvalue weighted by Crippen LogP contribution is 2.39. The third kappa shape index (κ3) is 3.92. The van der Waals surface area contributed by atoms with Crippen LogP contribution in [0.2, 0.25) is 0 Å². The monoisotopic (exact) mass is 260 g/mol. The van der Waals surface area contributed by atoms with Gasteiger partial charge in [0.2, 0.25) is 11.6 Å². The average molecular weight is 260 g/mol. The molecule has 0 bridgehead atoms. The second-order valence-electron chi connectivity index (χ2n) is 5.15. The predicted octanol–water partition coefficient (Wildman–Crippen LogP) is 4.49. The molecule has 0 amide bonds. The van der Waals surface area contributed by atoms with Crippen LogP contribution >= 0.6 is 0 Å². The molecule has 0 unspecified atom stereocenters.